The minimum atomic E-state index is -1.09. The van der Waals surface area contributed by atoms with Gasteiger partial charge in [-0.2, -0.15) is 0 Å². The minimum absolute atomic E-state index is 0.245. The maximum atomic E-state index is 12.9. The van der Waals surface area contributed by atoms with Crippen LogP contribution in [0.5, 0.6) is 11.5 Å². The third-order valence-corrected chi connectivity index (χ3v) is 5.49. The van der Waals surface area contributed by atoms with Crippen molar-refractivity contribution in [3.8, 4) is 11.5 Å². The quantitative estimate of drug-likeness (QED) is 0.853. The molecule has 0 aliphatic carbocycles. The Kier molecular flexibility index (Phi) is 3.88. The first-order valence-electron chi connectivity index (χ1n) is 8.14. The smallest absolute Gasteiger partial charge is 0.325 e. The van der Waals surface area contributed by atoms with Crippen LogP contribution in [0.3, 0.4) is 0 Å². The van der Waals surface area contributed by atoms with Gasteiger partial charge in [0.15, 0.2) is 11.5 Å². The van der Waals surface area contributed by atoms with Gasteiger partial charge in [-0.25, -0.2) is 4.79 Å². The van der Waals surface area contributed by atoms with Crippen molar-refractivity contribution in [3.05, 3.63) is 46.2 Å². The molecule has 0 saturated carbocycles. The Bertz CT molecular complexity index is 820. The Hall–Kier alpha value is -2.54. The van der Waals surface area contributed by atoms with Crippen LogP contribution in [0.4, 0.5) is 4.79 Å². The van der Waals surface area contributed by atoms with E-state index < -0.39 is 5.54 Å². The molecule has 1 fully saturated rings. The molecule has 1 atom stereocenters. The van der Waals surface area contributed by atoms with Crippen LogP contribution in [-0.2, 0) is 16.8 Å². The van der Waals surface area contributed by atoms with E-state index in [1.165, 1.54) is 4.90 Å². The largest absolute Gasteiger partial charge is 0.486 e. The number of carbonyl (C=O) groups is 2. The van der Waals surface area contributed by atoms with Gasteiger partial charge in [0.25, 0.3) is 5.91 Å². The normalized spacial score (nSPS) is 22.2. The predicted molar refractivity (Wildman–Crippen MR) is 93.1 cm³/mol. The Labute approximate surface area is 149 Å². The number of ether oxygens (including phenoxy) is 2. The lowest BCUT2D eigenvalue weighted by atomic mass is 9.91. The molecule has 1 saturated heterocycles. The molecule has 25 heavy (non-hydrogen) atoms. The molecule has 0 spiro atoms. The summed E-state index contributed by atoms with van der Waals surface area (Å²) in [6.07, 6.45) is 0.661. The van der Waals surface area contributed by atoms with E-state index in [0.717, 1.165) is 4.88 Å². The van der Waals surface area contributed by atoms with Crippen molar-refractivity contribution in [1.82, 2.24) is 10.2 Å². The molecule has 4 rings (SSSR count). The lowest BCUT2D eigenvalue weighted by Gasteiger charge is -2.25. The summed E-state index contributed by atoms with van der Waals surface area (Å²) in [7, 11) is 0. The molecule has 0 radical (unpaired) electrons. The van der Waals surface area contributed by atoms with Crippen molar-refractivity contribution < 1.29 is 19.1 Å². The molecule has 2 aliphatic rings. The number of amides is 3. The monoisotopic (exact) mass is 358 g/mol. The van der Waals surface area contributed by atoms with Gasteiger partial charge in [0, 0.05) is 11.4 Å². The molecular formula is C18H18N2O4S. The van der Waals surface area contributed by atoms with E-state index in [9.17, 15) is 9.59 Å². The van der Waals surface area contributed by atoms with Crippen LogP contribution in [0.2, 0.25) is 0 Å². The predicted octanol–water partition coefficient (Wildman–Crippen LogP) is 2.53. The number of imide groups is 1. The van der Waals surface area contributed by atoms with Gasteiger partial charge in [0.05, 0.1) is 0 Å². The highest BCUT2D eigenvalue weighted by atomic mass is 32.1. The highest BCUT2D eigenvalue weighted by Gasteiger charge is 2.49. The highest BCUT2D eigenvalue weighted by molar-refractivity contribution is 7.09. The fourth-order valence-corrected chi connectivity index (χ4v) is 3.83. The molecule has 3 heterocycles. The van der Waals surface area contributed by atoms with Crippen molar-refractivity contribution in [2.75, 3.05) is 19.8 Å². The van der Waals surface area contributed by atoms with Crippen molar-refractivity contribution in [3.63, 3.8) is 0 Å². The molecule has 0 bridgehead atoms. The van der Waals surface area contributed by atoms with Gasteiger partial charge in [-0.3, -0.25) is 9.69 Å². The number of urea groups is 1. The average molecular weight is 358 g/mol. The van der Waals surface area contributed by atoms with Gasteiger partial charge in [0.2, 0.25) is 0 Å². The first kappa shape index (κ1) is 16.0. The van der Waals surface area contributed by atoms with E-state index in [2.05, 4.69) is 5.32 Å². The van der Waals surface area contributed by atoms with Crippen LogP contribution in [0, 0.1) is 0 Å². The number of hydrogen-bond donors (Lipinski definition) is 1. The zero-order chi connectivity index (χ0) is 17.4. The van der Waals surface area contributed by atoms with Gasteiger partial charge in [-0.05, 0) is 42.5 Å². The molecule has 1 N–H and O–H groups in total. The fraction of sp³-hybridized carbons (Fsp3) is 0.333. The van der Waals surface area contributed by atoms with Crippen molar-refractivity contribution >= 4 is 23.3 Å². The summed E-state index contributed by atoms with van der Waals surface area (Å²) in [6.45, 7) is 3.07. The van der Waals surface area contributed by atoms with Crippen LogP contribution in [0.15, 0.2) is 35.7 Å². The number of carbonyl (C=O) groups excluding carboxylic acids is 2. The number of thiophene rings is 1. The van der Waals surface area contributed by atoms with E-state index in [0.29, 0.717) is 43.2 Å². The maximum Gasteiger partial charge on any atom is 0.325 e. The standard InChI is InChI=1S/C18H18N2O4S/c1-18(12-4-5-14-15(11-12)24-9-8-23-14)16(21)20(17(22)19-18)7-6-13-3-2-10-25-13/h2-5,10-11H,6-9H2,1H3,(H,19,22). The Morgan fingerprint density at radius 2 is 2.00 bits per heavy atom. The van der Waals surface area contributed by atoms with E-state index >= 15 is 0 Å². The van der Waals surface area contributed by atoms with Crippen LogP contribution < -0.4 is 14.8 Å². The van der Waals surface area contributed by atoms with Crippen molar-refractivity contribution in [1.29, 1.82) is 0 Å². The molecule has 1 aromatic carbocycles. The van der Waals surface area contributed by atoms with E-state index in [-0.39, 0.29) is 11.9 Å². The van der Waals surface area contributed by atoms with Crippen molar-refractivity contribution in [2.24, 2.45) is 0 Å². The molecule has 7 heteroatoms. The summed E-state index contributed by atoms with van der Waals surface area (Å²) in [5, 5.41) is 4.81. The van der Waals surface area contributed by atoms with Gasteiger partial charge in [-0.15, -0.1) is 11.3 Å². The van der Waals surface area contributed by atoms with Gasteiger partial charge in [0.1, 0.15) is 18.8 Å². The lowest BCUT2D eigenvalue weighted by Crippen LogP contribution is -2.41. The van der Waals surface area contributed by atoms with Gasteiger partial charge >= 0.3 is 6.03 Å². The minimum Gasteiger partial charge on any atom is -0.486 e. The zero-order valence-electron chi connectivity index (χ0n) is 13.8. The molecule has 3 amide bonds. The number of nitrogens with one attached hydrogen (secondary N) is 1. The van der Waals surface area contributed by atoms with Gasteiger partial charge < -0.3 is 14.8 Å². The Morgan fingerprint density at radius 1 is 1.20 bits per heavy atom. The molecule has 2 aliphatic heterocycles. The Balaban J connectivity index is 1.57. The third-order valence-electron chi connectivity index (χ3n) is 4.56. The highest BCUT2D eigenvalue weighted by Crippen LogP contribution is 2.36. The molecule has 130 valence electrons. The third kappa shape index (κ3) is 2.74. The molecule has 1 unspecified atom stereocenters. The molecule has 1 aromatic heterocycles. The summed E-state index contributed by atoms with van der Waals surface area (Å²) in [5.74, 6) is 1.01. The van der Waals surface area contributed by atoms with Gasteiger partial charge in [-0.1, -0.05) is 12.1 Å². The molecule has 2 aromatic rings. The lowest BCUT2D eigenvalue weighted by molar-refractivity contribution is -0.131. The van der Waals surface area contributed by atoms with E-state index in [1.807, 2.05) is 17.5 Å². The van der Waals surface area contributed by atoms with Crippen LogP contribution >= 0.6 is 11.3 Å². The summed E-state index contributed by atoms with van der Waals surface area (Å²) < 4.78 is 11.1. The van der Waals surface area contributed by atoms with E-state index in [4.69, 9.17) is 9.47 Å². The number of hydrogen-bond acceptors (Lipinski definition) is 5. The maximum absolute atomic E-state index is 12.9. The number of nitrogens with zero attached hydrogens (tertiary/aromatic N) is 1. The average Bonchev–Trinajstić information content (AvgIpc) is 3.21. The molecular weight excluding hydrogens is 340 g/mol. The molecule has 6 nitrogen and oxygen atoms in total. The van der Waals surface area contributed by atoms with E-state index in [1.54, 1.807) is 36.5 Å². The number of fused-ring (bicyclic) bond motifs is 1. The first-order chi connectivity index (χ1) is 12.1. The van der Waals surface area contributed by atoms with Crippen LogP contribution in [0.25, 0.3) is 0 Å². The summed E-state index contributed by atoms with van der Waals surface area (Å²) >= 11 is 1.62. The zero-order valence-corrected chi connectivity index (χ0v) is 14.6. The number of benzene rings is 1. The summed E-state index contributed by atoms with van der Waals surface area (Å²) in [5.41, 5.74) is -0.406. The summed E-state index contributed by atoms with van der Waals surface area (Å²) in [4.78, 5) is 27.7. The van der Waals surface area contributed by atoms with Crippen LogP contribution in [-0.4, -0.2) is 36.6 Å². The number of rotatable bonds is 4. The topological polar surface area (TPSA) is 67.9 Å². The first-order valence-corrected chi connectivity index (χ1v) is 9.02. The van der Waals surface area contributed by atoms with Crippen LogP contribution in [0.1, 0.15) is 17.4 Å². The summed E-state index contributed by atoms with van der Waals surface area (Å²) in [6, 6.07) is 8.96. The second-order valence-electron chi connectivity index (χ2n) is 6.20. The fourth-order valence-electron chi connectivity index (χ4n) is 3.13. The second-order valence-corrected chi connectivity index (χ2v) is 7.23. The SMILES string of the molecule is CC1(c2ccc3c(c2)OCCO3)NC(=O)N(CCc2cccs2)C1=O. The van der Waals surface area contributed by atoms with Crippen molar-refractivity contribution in [2.45, 2.75) is 18.9 Å². The second kappa shape index (κ2) is 6.07. The Morgan fingerprint density at radius 3 is 2.76 bits per heavy atom.